The number of carboxylic acids is 1. The number of benzene rings is 1. The Kier molecular flexibility index (Phi) is 3.66. The van der Waals surface area contributed by atoms with Crippen LogP contribution in [0.1, 0.15) is 19.4 Å². The first kappa shape index (κ1) is 12.2. The first-order valence-electron chi connectivity index (χ1n) is 4.87. The number of esters is 1. The predicted octanol–water partition coefficient (Wildman–Crippen LogP) is 0.506. The highest BCUT2D eigenvalue weighted by atomic mass is 16.5. The number of aliphatic carboxylic acids is 1. The molecule has 1 aromatic carbocycles. The Morgan fingerprint density at radius 1 is 1.25 bits per heavy atom. The molecule has 0 aliphatic rings. The van der Waals surface area contributed by atoms with Gasteiger partial charge < -0.3 is 14.6 Å². The summed E-state index contributed by atoms with van der Waals surface area (Å²) >= 11 is 0. The summed E-state index contributed by atoms with van der Waals surface area (Å²) in [4.78, 5) is 22.1. The molecule has 16 heavy (non-hydrogen) atoms. The van der Waals surface area contributed by atoms with Crippen molar-refractivity contribution in [2.75, 3.05) is 0 Å². The van der Waals surface area contributed by atoms with Crippen LogP contribution in [0.5, 0.6) is 0 Å². The van der Waals surface area contributed by atoms with Crippen LogP contribution < -0.4 is 5.11 Å². The molecule has 0 fully saturated rings. The van der Waals surface area contributed by atoms with Gasteiger partial charge in [-0.15, -0.1) is 0 Å². The molecule has 0 aliphatic carbocycles. The van der Waals surface area contributed by atoms with Crippen molar-refractivity contribution in [2.45, 2.75) is 20.5 Å². The third-order valence-corrected chi connectivity index (χ3v) is 2.23. The predicted molar refractivity (Wildman–Crippen MR) is 55.0 cm³/mol. The van der Waals surface area contributed by atoms with E-state index in [1.807, 2.05) is 18.2 Å². The zero-order valence-corrected chi connectivity index (χ0v) is 9.23. The summed E-state index contributed by atoms with van der Waals surface area (Å²) in [5, 5.41) is 10.7. The van der Waals surface area contributed by atoms with Crippen molar-refractivity contribution in [3.63, 3.8) is 0 Å². The molecule has 4 nitrogen and oxygen atoms in total. The maximum absolute atomic E-state index is 11.4. The van der Waals surface area contributed by atoms with Gasteiger partial charge in [0, 0.05) is 0 Å². The SMILES string of the molecule is CC(C)(C(=O)[O-])C(=O)OCc1ccccc1. The molecule has 0 spiro atoms. The van der Waals surface area contributed by atoms with Gasteiger partial charge in [0.15, 0.2) is 0 Å². The molecule has 4 heteroatoms. The van der Waals surface area contributed by atoms with E-state index in [2.05, 4.69) is 0 Å². The Morgan fingerprint density at radius 3 is 2.31 bits per heavy atom. The molecule has 1 rings (SSSR count). The molecular weight excluding hydrogens is 208 g/mol. The molecule has 0 heterocycles. The van der Waals surface area contributed by atoms with Crippen molar-refractivity contribution in [1.29, 1.82) is 0 Å². The molecule has 1 aromatic rings. The van der Waals surface area contributed by atoms with Gasteiger partial charge in [0.2, 0.25) is 0 Å². The van der Waals surface area contributed by atoms with E-state index >= 15 is 0 Å². The molecule has 0 saturated carbocycles. The minimum absolute atomic E-state index is 0.0659. The molecule has 0 radical (unpaired) electrons. The monoisotopic (exact) mass is 221 g/mol. The van der Waals surface area contributed by atoms with E-state index in [4.69, 9.17) is 4.74 Å². The first-order chi connectivity index (χ1) is 7.44. The number of ether oxygens (including phenoxy) is 1. The standard InChI is InChI=1S/C12H14O4/c1-12(2,10(13)14)11(15)16-8-9-6-4-3-5-7-9/h3-7H,8H2,1-2H3,(H,13,14)/p-1. The zero-order chi connectivity index (χ0) is 12.2. The number of carbonyl (C=O) groups excluding carboxylic acids is 2. The Hall–Kier alpha value is -1.84. The molecule has 0 bridgehead atoms. The average Bonchev–Trinajstić information content (AvgIpc) is 2.27. The number of carbonyl (C=O) groups is 2. The fourth-order valence-electron chi connectivity index (χ4n) is 0.987. The number of carboxylic acid groups (broad SMARTS) is 1. The lowest BCUT2D eigenvalue weighted by molar-refractivity contribution is -0.316. The molecule has 0 atom stereocenters. The molecule has 0 unspecified atom stereocenters. The molecule has 0 amide bonds. The largest absolute Gasteiger partial charge is 0.549 e. The van der Waals surface area contributed by atoms with Crippen LogP contribution in [-0.2, 0) is 20.9 Å². The minimum Gasteiger partial charge on any atom is -0.549 e. The van der Waals surface area contributed by atoms with E-state index < -0.39 is 17.4 Å². The summed E-state index contributed by atoms with van der Waals surface area (Å²) in [6.45, 7) is 2.59. The Bertz CT molecular complexity index is 381. The van der Waals surface area contributed by atoms with Crippen LogP contribution in [0, 0.1) is 5.41 Å². The molecule has 0 saturated heterocycles. The molecule has 0 N–H and O–H groups in total. The lowest BCUT2D eigenvalue weighted by atomic mass is 9.94. The fourth-order valence-corrected chi connectivity index (χ4v) is 0.987. The molecule has 0 aliphatic heterocycles. The maximum atomic E-state index is 11.4. The van der Waals surface area contributed by atoms with Gasteiger partial charge in [0.1, 0.15) is 12.0 Å². The average molecular weight is 221 g/mol. The van der Waals surface area contributed by atoms with Crippen molar-refractivity contribution in [3.8, 4) is 0 Å². The summed E-state index contributed by atoms with van der Waals surface area (Å²) in [6.07, 6.45) is 0. The van der Waals surface area contributed by atoms with Crippen molar-refractivity contribution < 1.29 is 19.4 Å². The Labute approximate surface area is 93.9 Å². The highest BCUT2D eigenvalue weighted by Gasteiger charge is 2.30. The summed E-state index contributed by atoms with van der Waals surface area (Å²) < 4.78 is 4.89. The second kappa shape index (κ2) is 4.79. The number of hydrogen-bond acceptors (Lipinski definition) is 4. The van der Waals surface area contributed by atoms with Gasteiger partial charge in [-0.3, -0.25) is 4.79 Å². The smallest absolute Gasteiger partial charge is 0.317 e. The van der Waals surface area contributed by atoms with Crippen LogP contribution >= 0.6 is 0 Å². The molecule has 0 aromatic heterocycles. The third kappa shape index (κ3) is 2.82. The lowest BCUT2D eigenvalue weighted by Gasteiger charge is -2.23. The normalized spacial score (nSPS) is 10.9. The van der Waals surface area contributed by atoms with E-state index in [0.717, 1.165) is 5.56 Å². The first-order valence-corrected chi connectivity index (χ1v) is 4.87. The Balaban J connectivity index is 2.57. The summed E-state index contributed by atoms with van der Waals surface area (Å²) in [7, 11) is 0. The van der Waals surface area contributed by atoms with Gasteiger partial charge in [-0.1, -0.05) is 30.3 Å². The van der Waals surface area contributed by atoms with Crippen LogP contribution in [0.3, 0.4) is 0 Å². The van der Waals surface area contributed by atoms with Crippen LogP contribution in [-0.4, -0.2) is 11.9 Å². The lowest BCUT2D eigenvalue weighted by Crippen LogP contribution is -2.44. The topological polar surface area (TPSA) is 66.4 Å². The van der Waals surface area contributed by atoms with Gasteiger partial charge in [-0.05, 0) is 19.4 Å². The maximum Gasteiger partial charge on any atom is 0.317 e. The van der Waals surface area contributed by atoms with E-state index in [1.54, 1.807) is 12.1 Å². The zero-order valence-electron chi connectivity index (χ0n) is 9.23. The van der Waals surface area contributed by atoms with Gasteiger partial charge in [0.05, 0.1) is 5.97 Å². The molecule has 86 valence electrons. The van der Waals surface area contributed by atoms with E-state index in [9.17, 15) is 14.7 Å². The van der Waals surface area contributed by atoms with Gasteiger partial charge >= 0.3 is 5.97 Å². The van der Waals surface area contributed by atoms with Crippen molar-refractivity contribution >= 4 is 11.9 Å². The van der Waals surface area contributed by atoms with Crippen LogP contribution in [0.25, 0.3) is 0 Å². The van der Waals surface area contributed by atoms with Crippen molar-refractivity contribution in [3.05, 3.63) is 35.9 Å². The summed E-state index contributed by atoms with van der Waals surface area (Å²) in [6, 6.07) is 9.05. The second-order valence-electron chi connectivity index (χ2n) is 3.97. The number of hydrogen-bond donors (Lipinski definition) is 0. The third-order valence-electron chi connectivity index (χ3n) is 2.23. The van der Waals surface area contributed by atoms with E-state index in [0.29, 0.717) is 0 Å². The van der Waals surface area contributed by atoms with E-state index in [-0.39, 0.29) is 6.61 Å². The quantitative estimate of drug-likeness (QED) is 0.548. The van der Waals surface area contributed by atoms with E-state index in [1.165, 1.54) is 13.8 Å². The fraction of sp³-hybridized carbons (Fsp3) is 0.333. The second-order valence-corrected chi connectivity index (χ2v) is 3.97. The van der Waals surface area contributed by atoms with Crippen LogP contribution in [0.15, 0.2) is 30.3 Å². The van der Waals surface area contributed by atoms with Gasteiger partial charge in [-0.2, -0.15) is 0 Å². The summed E-state index contributed by atoms with van der Waals surface area (Å²) in [5.41, 5.74) is -0.806. The van der Waals surface area contributed by atoms with Gasteiger partial charge in [-0.25, -0.2) is 0 Å². The Morgan fingerprint density at radius 2 is 1.81 bits per heavy atom. The highest BCUT2D eigenvalue weighted by molar-refractivity contribution is 5.97. The summed E-state index contributed by atoms with van der Waals surface area (Å²) in [5.74, 6) is -2.23. The van der Waals surface area contributed by atoms with Crippen LogP contribution in [0.4, 0.5) is 0 Å². The van der Waals surface area contributed by atoms with Crippen molar-refractivity contribution in [1.82, 2.24) is 0 Å². The number of rotatable bonds is 4. The highest BCUT2D eigenvalue weighted by Crippen LogP contribution is 2.17. The minimum atomic E-state index is -1.62. The molecular formula is C12H13O4-. The van der Waals surface area contributed by atoms with Crippen LogP contribution in [0.2, 0.25) is 0 Å². The van der Waals surface area contributed by atoms with Crippen molar-refractivity contribution in [2.24, 2.45) is 5.41 Å². The van der Waals surface area contributed by atoms with Gasteiger partial charge in [0.25, 0.3) is 0 Å².